The SMILES string of the molecule is CC(C)CN(C)c1nc(CO)cc2ccccc12. The molecule has 1 heterocycles. The Bertz CT molecular complexity index is 537. The predicted octanol–water partition coefficient (Wildman–Crippen LogP) is 2.82. The van der Waals surface area contributed by atoms with E-state index in [4.69, 9.17) is 0 Å². The summed E-state index contributed by atoms with van der Waals surface area (Å²) in [6.07, 6.45) is 0. The van der Waals surface area contributed by atoms with Gasteiger partial charge in [-0.2, -0.15) is 0 Å². The zero-order valence-corrected chi connectivity index (χ0v) is 11.2. The van der Waals surface area contributed by atoms with Crippen molar-refractivity contribution >= 4 is 16.6 Å². The normalized spacial score (nSPS) is 11.2. The lowest BCUT2D eigenvalue weighted by Gasteiger charge is -2.22. The Hall–Kier alpha value is -1.61. The fourth-order valence-electron chi connectivity index (χ4n) is 2.24. The van der Waals surface area contributed by atoms with E-state index in [2.05, 4.69) is 42.9 Å². The molecule has 0 aliphatic carbocycles. The molecule has 0 amide bonds. The van der Waals surface area contributed by atoms with Crippen molar-refractivity contribution in [3.63, 3.8) is 0 Å². The zero-order chi connectivity index (χ0) is 13.1. The topological polar surface area (TPSA) is 36.4 Å². The summed E-state index contributed by atoms with van der Waals surface area (Å²) in [4.78, 5) is 6.71. The Morgan fingerprint density at radius 3 is 2.67 bits per heavy atom. The van der Waals surface area contributed by atoms with Crippen molar-refractivity contribution < 1.29 is 5.11 Å². The van der Waals surface area contributed by atoms with E-state index in [1.54, 1.807) is 0 Å². The monoisotopic (exact) mass is 244 g/mol. The lowest BCUT2D eigenvalue weighted by molar-refractivity contribution is 0.277. The number of nitrogens with zero attached hydrogens (tertiary/aromatic N) is 2. The first kappa shape index (κ1) is 12.8. The molecule has 0 fully saturated rings. The van der Waals surface area contributed by atoms with Gasteiger partial charge in [-0.1, -0.05) is 38.1 Å². The van der Waals surface area contributed by atoms with Gasteiger partial charge in [-0.05, 0) is 17.4 Å². The van der Waals surface area contributed by atoms with Gasteiger partial charge in [0.15, 0.2) is 0 Å². The van der Waals surface area contributed by atoms with Crippen LogP contribution in [0.25, 0.3) is 10.8 Å². The Morgan fingerprint density at radius 1 is 1.28 bits per heavy atom. The van der Waals surface area contributed by atoms with Crippen LogP contribution in [0.4, 0.5) is 5.82 Å². The van der Waals surface area contributed by atoms with Crippen LogP contribution in [0, 0.1) is 5.92 Å². The van der Waals surface area contributed by atoms with Crippen LogP contribution in [-0.2, 0) is 6.61 Å². The smallest absolute Gasteiger partial charge is 0.136 e. The summed E-state index contributed by atoms with van der Waals surface area (Å²) in [5, 5.41) is 11.6. The Morgan fingerprint density at radius 2 is 2.00 bits per heavy atom. The second-order valence-electron chi connectivity index (χ2n) is 5.09. The molecule has 1 N–H and O–H groups in total. The highest BCUT2D eigenvalue weighted by Crippen LogP contribution is 2.25. The van der Waals surface area contributed by atoms with E-state index in [0.717, 1.165) is 28.8 Å². The minimum Gasteiger partial charge on any atom is -0.390 e. The molecule has 1 aromatic heterocycles. The summed E-state index contributed by atoms with van der Waals surface area (Å²) >= 11 is 0. The summed E-state index contributed by atoms with van der Waals surface area (Å²) in [5.41, 5.74) is 0.722. The molecule has 0 saturated heterocycles. The molecular weight excluding hydrogens is 224 g/mol. The molecule has 0 unspecified atom stereocenters. The molecule has 0 spiro atoms. The molecule has 2 aromatic rings. The van der Waals surface area contributed by atoms with Gasteiger partial charge in [0, 0.05) is 19.0 Å². The maximum Gasteiger partial charge on any atom is 0.136 e. The van der Waals surface area contributed by atoms with Crippen molar-refractivity contribution in [2.45, 2.75) is 20.5 Å². The molecule has 0 aliphatic heterocycles. The molecule has 0 bridgehead atoms. The molecule has 3 heteroatoms. The van der Waals surface area contributed by atoms with Crippen LogP contribution in [0.1, 0.15) is 19.5 Å². The van der Waals surface area contributed by atoms with Crippen LogP contribution < -0.4 is 4.90 Å². The van der Waals surface area contributed by atoms with Crippen LogP contribution in [0.15, 0.2) is 30.3 Å². The number of rotatable bonds is 4. The molecule has 0 saturated carbocycles. The quantitative estimate of drug-likeness (QED) is 0.898. The number of aliphatic hydroxyl groups is 1. The largest absolute Gasteiger partial charge is 0.390 e. The minimum absolute atomic E-state index is 0.0205. The number of hydrogen-bond donors (Lipinski definition) is 1. The van der Waals surface area contributed by atoms with Crippen molar-refractivity contribution in [2.24, 2.45) is 5.92 Å². The second kappa shape index (κ2) is 5.36. The van der Waals surface area contributed by atoms with Crippen LogP contribution >= 0.6 is 0 Å². The fourth-order valence-corrected chi connectivity index (χ4v) is 2.24. The van der Waals surface area contributed by atoms with Gasteiger partial charge < -0.3 is 10.0 Å². The van der Waals surface area contributed by atoms with E-state index in [1.807, 2.05) is 18.2 Å². The lowest BCUT2D eigenvalue weighted by Crippen LogP contribution is -2.24. The summed E-state index contributed by atoms with van der Waals surface area (Å²) in [7, 11) is 2.05. The molecule has 0 aliphatic rings. The fraction of sp³-hybridized carbons (Fsp3) is 0.400. The first-order chi connectivity index (χ1) is 8.61. The predicted molar refractivity (Wildman–Crippen MR) is 75.8 cm³/mol. The Kier molecular flexibility index (Phi) is 3.82. The van der Waals surface area contributed by atoms with E-state index in [-0.39, 0.29) is 6.61 Å². The number of aliphatic hydroxyl groups excluding tert-OH is 1. The third-order valence-electron chi connectivity index (χ3n) is 2.94. The first-order valence-electron chi connectivity index (χ1n) is 6.32. The molecule has 2 rings (SSSR count). The number of benzene rings is 1. The Labute approximate surface area is 108 Å². The standard InChI is InChI=1S/C15H20N2O/c1-11(2)9-17(3)15-14-7-5-4-6-12(14)8-13(10-18)16-15/h4-8,11,18H,9-10H2,1-3H3. The maximum absolute atomic E-state index is 9.30. The van der Waals surface area contributed by atoms with Crippen molar-refractivity contribution in [3.05, 3.63) is 36.0 Å². The lowest BCUT2D eigenvalue weighted by atomic mass is 10.1. The van der Waals surface area contributed by atoms with Gasteiger partial charge in [0.2, 0.25) is 0 Å². The zero-order valence-electron chi connectivity index (χ0n) is 11.2. The van der Waals surface area contributed by atoms with E-state index in [1.165, 1.54) is 0 Å². The molecule has 18 heavy (non-hydrogen) atoms. The van der Waals surface area contributed by atoms with Gasteiger partial charge in [-0.25, -0.2) is 4.98 Å². The van der Waals surface area contributed by atoms with Gasteiger partial charge in [0.1, 0.15) is 5.82 Å². The summed E-state index contributed by atoms with van der Waals surface area (Å²) in [5.74, 6) is 1.53. The van der Waals surface area contributed by atoms with Crippen molar-refractivity contribution in [3.8, 4) is 0 Å². The second-order valence-corrected chi connectivity index (χ2v) is 5.09. The first-order valence-corrected chi connectivity index (χ1v) is 6.32. The van der Waals surface area contributed by atoms with Crippen LogP contribution in [0.3, 0.4) is 0 Å². The van der Waals surface area contributed by atoms with E-state index < -0.39 is 0 Å². The highest BCUT2D eigenvalue weighted by atomic mass is 16.3. The van der Waals surface area contributed by atoms with Crippen molar-refractivity contribution in [1.82, 2.24) is 4.98 Å². The molecule has 0 radical (unpaired) electrons. The summed E-state index contributed by atoms with van der Waals surface area (Å²) < 4.78 is 0. The van der Waals surface area contributed by atoms with Gasteiger partial charge >= 0.3 is 0 Å². The van der Waals surface area contributed by atoms with Gasteiger partial charge in [-0.3, -0.25) is 0 Å². The molecule has 3 nitrogen and oxygen atoms in total. The molecular formula is C15H20N2O. The van der Waals surface area contributed by atoms with Crippen molar-refractivity contribution in [1.29, 1.82) is 0 Å². The summed E-state index contributed by atoms with van der Waals surface area (Å²) in [6, 6.07) is 10.1. The number of pyridine rings is 1. The van der Waals surface area contributed by atoms with E-state index in [0.29, 0.717) is 5.92 Å². The van der Waals surface area contributed by atoms with Crippen LogP contribution in [0.5, 0.6) is 0 Å². The van der Waals surface area contributed by atoms with Crippen molar-refractivity contribution in [2.75, 3.05) is 18.5 Å². The van der Waals surface area contributed by atoms with Gasteiger partial charge in [0.05, 0.1) is 12.3 Å². The number of anilines is 1. The minimum atomic E-state index is -0.0205. The van der Waals surface area contributed by atoms with Crippen LogP contribution in [-0.4, -0.2) is 23.7 Å². The molecule has 1 aromatic carbocycles. The average Bonchev–Trinajstić information content (AvgIpc) is 2.36. The Balaban J connectivity index is 2.53. The third-order valence-corrected chi connectivity index (χ3v) is 2.94. The van der Waals surface area contributed by atoms with E-state index in [9.17, 15) is 5.11 Å². The number of fused-ring (bicyclic) bond motifs is 1. The molecule has 96 valence electrons. The molecule has 0 atom stereocenters. The summed E-state index contributed by atoms with van der Waals surface area (Å²) in [6.45, 7) is 5.31. The number of hydrogen-bond acceptors (Lipinski definition) is 3. The highest BCUT2D eigenvalue weighted by molar-refractivity contribution is 5.92. The number of aromatic nitrogens is 1. The van der Waals surface area contributed by atoms with Gasteiger partial charge in [-0.15, -0.1) is 0 Å². The average molecular weight is 244 g/mol. The third kappa shape index (κ3) is 2.62. The highest BCUT2D eigenvalue weighted by Gasteiger charge is 2.10. The van der Waals surface area contributed by atoms with Gasteiger partial charge in [0.25, 0.3) is 0 Å². The maximum atomic E-state index is 9.30. The van der Waals surface area contributed by atoms with E-state index >= 15 is 0 Å². The van der Waals surface area contributed by atoms with Crippen LogP contribution in [0.2, 0.25) is 0 Å².